The summed E-state index contributed by atoms with van der Waals surface area (Å²) in [5, 5.41) is 2.71. The van der Waals surface area contributed by atoms with E-state index in [-0.39, 0.29) is 4.90 Å². The average molecular weight is 375 g/mol. The van der Waals surface area contributed by atoms with Crippen molar-refractivity contribution in [3.05, 3.63) is 53.2 Å². The number of amides is 1. The van der Waals surface area contributed by atoms with E-state index in [1.54, 1.807) is 25.3 Å². The fourth-order valence-electron chi connectivity index (χ4n) is 2.67. The average Bonchev–Trinajstić information content (AvgIpc) is 2.64. The van der Waals surface area contributed by atoms with Crippen molar-refractivity contribution in [3.63, 3.8) is 0 Å². The third-order valence-corrected chi connectivity index (χ3v) is 6.11. The van der Waals surface area contributed by atoms with Crippen molar-refractivity contribution < 1.29 is 17.9 Å². The number of ether oxygens (including phenoxy) is 1. The van der Waals surface area contributed by atoms with Gasteiger partial charge >= 0.3 is 0 Å². The first-order valence-corrected chi connectivity index (χ1v) is 9.74. The Morgan fingerprint density at radius 1 is 1.15 bits per heavy atom. The molecule has 0 radical (unpaired) electrons. The highest BCUT2D eigenvalue weighted by molar-refractivity contribution is 7.89. The lowest BCUT2D eigenvalue weighted by atomic mass is 10.1. The molecule has 0 atom stereocenters. The number of pyridine rings is 1. The fourth-order valence-corrected chi connectivity index (χ4v) is 4.10. The summed E-state index contributed by atoms with van der Waals surface area (Å²) < 4.78 is 32.2. The minimum absolute atomic E-state index is 0.104. The van der Waals surface area contributed by atoms with Crippen LogP contribution in [0.1, 0.15) is 21.5 Å². The second kappa shape index (κ2) is 7.53. The van der Waals surface area contributed by atoms with E-state index in [4.69, 9.17) is 4.74 Å². The molecule has 1 aromatic carbocycles. The number of benzene rings is 1. The lowest BCUT2D eigenvalue weighted by Gasteiger charge is -2.26. The highest BCUT2D eigenvalue weighted by Gasteiger charge is 2.27. The van der Waals surface area contributed by atoms with Gasteiger partial charge in [0, 0.05) is 24.8 Å². The molecule has 0 saturated carbocycles. The predicted molar refractivity (Wildman–Crippen MR) is 97.7 cm³/mol. The number of hydrogen-bond acceptors (Lipinski definition) is 5. The van der Waals surface area contributed by atoms with Crippen LogP contribution >= 0.6 is 0 Å². The van der Waals surface area contributed by atoms with Crippen LogP contribution in [0.25, 0.3) is 0 Å². The number of nitrogens with one attached hydrogen (secondary N) is 1. The Hall–Kier alpha value is -2.29. The zero-order valence-electron chi connectivity index (χ0n) is 14.7. The molecule has 2 heterocycles. The van der Waals surface area contributed by atoms with Crippen LogP contribution in [-0.4, -0.2) is 49.9 Å². The van der Waals surface area contributed by atoms with Crippen molar-refractivity contribution in [1.29, 1.82) is 0 Å². The number of aryl methyl sites for hydroxylation is 2. The molecule has 1 saturated heterocycles. The number of carbonyl (C=O) groups excluding carboxylic acids is 1. The summed E-state index contributed by atoms with van der Waals surface area (Å²) in [6, 6.07) is 8.14. The maximum Gasteiger partial charge on any atom is 0.257 e. The summed E-state index contributed by atoms with van der Waals surface area (Å²) in [5.74, 6) is 0.0271. The maximum absolute atomic E-state index is 12.8. The molecule has 0 bridgehead atoms. The van der Waals surface area contributed by atoms with Gasteiger partial charge in [0.1, 0.15) is 5.82 Å². The summed E-state index contributed by atoms with van der Waals surface area (Å²) in [7, 11) is -3.66. The molecule has 1 aliphatic heterocycles. The molecule has 1 aromatic heterocycles. The van der Waals surface area contributed by atoms with Crippen LogP contribution in [0.3, 0.4) is 0 Å². The molecule has 0 aliphatic carbocycles. The van der Waals surface area contributed by atoms with E-state index < -0.39 is 15.9 Å². The smallest absolute Gasteiger partial charge is 0.257 e. The number of morpholine rings is 1. The number of nitrogens with zero attached hydrogens (tertiary/aromatic N) is 2. The van der Waals surface area contributed by atoms with Crippen molar-refractivity contribution in [2.45, 2.75) is 18.7 Å². The van der Waals surface area contributed by atoms with Crippen LogP contribution in [-0.2, 0) is 14.8 Å². The van der Waals surface area contributed by atoms with E-state index in [1.807, 2.05) is 13.0 Å². The van der Waals surface area contributed by atoms with Gasteiger partial charge in [-0.3, -0.25) is 4.79 Å². The second-order valence-electron chi connectivity index (χ2n) is 6.17. The van der Waals surface area contributed by atoms with Crippen molar-refractivity contribution >= 4 is 21.7 Å². The van der Waals surface area contributed by atoms with Gasteiger partial charge in [-0.2, -0.15) is 4.31 Å². The lowest BCUT2D eigenvalue weighted by Crippen LogP contribution is -2.40. The SMILES string of the molecule is Cc1ccc(NC(=O)c2cc(S(=O)(=O)N3CCOCC3)ccc2C)nc1. The van der Waals surface area contributed by atoms with Crippen LogP contribution in [0.15, 0.2) is 41.4 Å². The first-order valence-electron chi connectivity index (χ1n) is 8.30. The minimum atomic E-state index is -3.66. The summed E-state index contributed by atoms with van der Waals surface area (Å²) in [4.78, 5) is 16.8. The summed E-state index contributed by atoms with van der Waals surface area (Å²) in [6.45, 7) is 5.04. The highest BCUT2D eigenvalue weighted by atomic mass is 32.2. The summed E-state index contributed by atoms with van der Waals surface area (Å²) in [6.07, 6.45) is 1.65. The van der Waals surface area contributed by atoms with E-state index >= 15 is 0 Å². The van der Waals surface area contributed by atoms with Gasteiger partial charge in [-0.15, -0.1) is 0 Å². The molecule has 138 valence electrons. The Kier molecular flexibility index (Phi) is 5.36. The Labute approximate surface area is 153 Å². The van der Waals surface area contributed by atoms with Gasteiger partial charge in [0.15, 0.2) is 0 Å². The molecular weight excluding hydrogens is 354 g/mol. The number of anilines is 1. The molecule has 1 aliphatic rings. The van der Waals surface area contributed by atoms with E-state index in [1.165, 1.54) is 16.4 Å². The number of sulfonamides is 1. The van der Waals surface area contributed by atoms with Crippen LogP contribution in [0.4, 0.5) is 5.82 Å². The molecule has 0 unspecified atom stereocenters. The minimum Gasteiger partial charge on any atom is -0.379 e. The van der Waals surface area contributed by atoms with Crippen molar-refractivity contribution in [2.75, 3.05) is 31.6 Å². The molecule has 0 spiro atoms. The van der Waals surface area contributed by atoms with E-state index in [0.717, 1.165) is 5.56 Å². The predicted octanol–water partition coefficient (Wildman–Crippen LogP) is 1.97. The van der Waals surface area contributed by atoms with E-state index in [9.17, 15) is 13.2 Å². The van der Waals surface area contributed by atoms with Crippen molar-refractivity contribution in [2.24, 2.45) is 0 Å². The van der Waals surface area contributed by atoms with Crippen LogP contribution in [0.2, 0.25) is 0 Å². The van der Waals surface area contributed by atoms with Crippen molar-refractivity contribution in [3.8, 4) is 0 Å². The quantitative estimate of drug-likeness (QED) is 0.883. The zero-order chi connectivity index (χ0) is 18.7. The fraction of sp³-hybridized carbons (Fsp3) is 0.333. The van der Waals surface area contributed by atoms with E-state index in [0.29, 0.717) is 43.2 Å². The molecular formula is C18H21N3O4S. The first-order chi connectivity index (χ1) is 12.4. The Balaban J connectivity index is 1.87. The number of rotatable bonds is 4. The standard InChI is InChI=1S/C18H21N3O4S/c1-13-3-6-17(19-12-13)20-18(22)16-11-15(5-4-14(16)2)26(23,24)21-7-9-25-10-8-21/h3-6,11-12H,7-10H2,1-2H3,(H,19,20,22). The zero-order valence-corrected chi connectivity index (χ0v) is 15.5. The second-order valence-corrected chi connectivity index (χ2v) is 8.11. The van der Waals surface area contributed by atoms with Gasteiger partial charge in [0.25, 0.3) is 5.91 Å². The molecule has 26 heavy (non-hydrogen) atoms. The third kappa shape index (κ3) is 3.92. The van der Waals surface area contributed by atoms with Gasteiger partial charge in [-0.05, 0) is 43.2 Å². The van der Waals surface area contributed by atoms with Crippen LogP contribution < -0.4 is 5.32 Å². The Morgan fingerprint density at radius 2 is 1.88 bits per heavy atom. The monoisotopic (exact) mass is 375 g/mol. The normalized spacial score (nSPS) is 15.6. The Morgan fingerprint density at radius 3 is 2.54 bits per heavy atom. The third-order valence-electron chi connectivity index (χ3n) is 4.21. The van der Waals surface area contributed by atoms with E-state index in [2.05, 4.69) is 10.3 Å². The number of hydrogen-bond donors (Lipinski definition) is 1. The topological polar surface area (TPSA) is 88.6 Å². The van der Waals surface area contributed by atoms with Gasteiger partial charge in [0.05, 0.1) is 18.1 Å². The van der Waals surface area contributed by atoms with Gasteiger partial charge < -0.3 is 10.1 Å². The van der Waals surface area contributed by atoms with Gasteiger partial charge in [-0.1, -0.05) is 12.1 Å². The molecule has 2 aromatic rings. The number of aromatic nitrogens is 1. The summed E-state index contributed by atoms with van der Waals surface area (Å²) >= 11 is 0. The van der Waals surface area contributed by atoms with Gasteiger partial charge in [0.2, 0.25) is 10.0 Å². The number of carbonyl (C=O) groups is 1. The van der Waals surface area contributed by atoms with Crippen LogP contribution in [0.5, 0.6) is 0 Å². The lowest BCUT2D eigenvalue weighted by molar-refractivity contribution is 0.0730. The van der Waals surface area contributed by atoms with Gasteiger partial charge in [-0.25, -0.2) is 13.4 Å². The van der Waals surface area contributed by atoms with Crippen molar-refractivity contribution in [1.82, 2.24) is 9.29 Å². The molecule has 1 fully saturated rings. The largest absolute Gasteiger partial charge is 0.379 e. The molecule has 7 nitrogen and oxygen atoms in total. The maximum atomic E-state index is 12.8. The highest BCUT2D eigenvalue weighted by Crippen LogP contribution is 2.21. The molecule has 8 heteroatoms. The first kappa shape index (κ1) is 18.5. The van der Waals surface area contributed by atoms with Crippen LogP contribution in [0, 0.1) is 13.8 Å². The molecule has 1 amide bonds. The molecule has 3 rings (SSSR count). The Bertz CT molecular complexity index is 905. The summed E-state index contributed by atoms with van der Waals surface area (Å²) in [5.41, 5.74) is 1.98. The molecule has 1 N–H and O–H groups in total.